The van der Waals surface area contributed by atoms with Gasteiger partial charge in [-0.1, -0.05) is 0 Å². The second kappa shape index (κ2) is 20.6. The van der Waals surface area contributed by atoms with E-state index in [9.17, 15) is 18.4 Å². The first-order valence-corrected chi connectivity index (χ1v) is 20.7. The van der Waals surface area contributed by atoms with Crippen molar-refractivity contribution < 1.29 is 55.6 Å². The predicted molar refractivity (Wildman–Crippen MR) is 250 cm³/mol. The minimum atomic E-state index is -1.38. The summed E-state index contributed by atoms with van der Waals surface area (Å²) in [4.78, 5) is 41.1. The highest BCUT2D eigenvalue weighted by Gasteiger charge is 2.33. The molecule has 8 N–H and O–H groups in total. The number of nitrogens with two attached hydrogens (primary N) is 2. The van der Waals surface area contributed by atoms with Gasteiger partial charge in [0.25, 0.3) is 0 Å². The van der Waals surface area contributed by atoms with Crippen molar-refractivity contribution in [3.05, 3.63) is 71.8 Å². The average Bonchev–Trinajstić information content (AvgIpc) is 3.92. The van der Waals surface area contributed by atoms with Crippen molar-refractivity contribution >= 4 is 92.9 Å². The number of hydrogen-bond donors (Lipinski definition) is 6. The number of carbonyl (C=O) groups is 2. The molecule has 0 radical (unpaired) electrons. The molecule has 2 amide bonds. The van der Waals surface area contributed by atoms with Crippen LogP contribution in [0.3, 0.4) is 0 Å². The van der Waals surface area contributed by atoms with Crippen LogP contribution in [0.25, 0.3) is 43.8 Å². The SMILES string of the molecule is Cc1c(-c2cc3cc(NC(=O)O[C@@H]4COC[C@@H]4F)ncc3c(N)c2F)cnc2c1NCCO2.Cc1c(-c2cc3cc(NC(=O)O[C@H]4COC[C@H]4F)ncc3c(N)c2F)cnc2c1NCCO2.Cl.Cl. The molecule has 24 heteroatoms. The summed E-state index contributed by atoms with van der Waals surface area (Å²) in [7, 11) is 0. The summed E-state index contributed by atoms with van der Waals surface area (Å²) >= 11 is 0. The van der Waals surface area contributed by atoms with E-state index in [4.69, 9.17) is 39.9 Å². The first kappa shape index (κ1) is 49.0. The van der Waals surface area contributed by atoms with Gasteiger partial charge in [-0.15, -0.1) is 24.8 Å². The number of nitrogens with one attached hydrogen (secondary N) is 4. The molecule has 0 spiro atoms. The van der Waals surface area contributed by atoms with Crippen molar-refractivity contribution in [2.24, 2.45) is 0 Å². The Labute approximate surface area is 397 Å². The minimum absolute atomic E-state index is 0. The maximum atomic E-state index is 15.2. The Morgan fingerprint density at radius 3 is 1.43 bits per heavy atom. The van der Waals surface area contributed by atoms with Gasteiger partial charge in [0.2, 0.25) is 11.8 Å². The number of nitrogen functional groups attached to an aromatic ring is 2. The number of aromatic nitrogens is 4. The Bertz CT molecular complexity index is 2720. The zero-order valence-electron chi connectivity index (χ0n) is 36.1. The van der Waals surface area contributed by atoms with Crippen molar-refractivity contribution in [3.8, 4) is 34.0 Å². The Hall–Kier alpha value is -6.88. The van der Waals surface area contributed by atoms with Crippen molar-refractivity contribution in [1.82, 2.24) is 19.9 Å². The standard InChI is InChI=1S/2C22H21F2N5O4.2ClH/c2*1-10-13(6-28-21-20(10)26-2-3-32-21)12-4-11-5-17(27-7-14(11)19(25)18(12)24)29-22(30)33-16-9-31-8-15(16)23;;/h2*4-7,15-16,26H,2-3,8-9,25H2,1H3,(H,27,29,30);2*1H/t2*15-,16+;;/m10../s1. The van der Waals surface area contributed by atoms with E-state index in [2.05, 4.69) is 41.2 Å². The average molecular weight is 988 g/mol. The fourth-order valence-electron chi connectivity index (χ4n) is 7.88. The summed E-state index contributed by atoms with van der Waals surface area (Å²) in [5.74, 6) is 0.0359. The number of ether oxygens (including phenoxy) is 6. The van der Waals surface area contributed by atoms with Crippen LogP contribution >= 0.6 is 24.8 Å². The highest BCUT2D eigenvalue weighted by Crippen LogP contribution is 2.41. The molecule has 0 unspecified atom stereocenters. The summed E-state index contributed by atoms with van der Waals surface area (Å²) in [5.41, 5.74) is 16.6. The maximum Gasteiger partial charge on any atom is 0.413 e. The van der Waals surface area contributed by atoms with Crippen LogP contribution in [0.2, 0.25) is 0 Å². The first-order chi connectivity index (χ1) is 31.8. The number of fused-ring (bicyclic) bond motifs is 4. The molecule has 2 aromatic carbocycles. The van der Waals surface area contributed by atoms with E-state index in [-0.39, 0.29) is 85.4 Å². The number of pyridine rings is 4. The lowest BCUT2D eigenvalue weighted by atomic mass is 9.97. The van der Waals surface area contributed by atoms with E-state index in [1.165, 1.54) is 24.5 Å². The molecule has 10 rings (SSSR count). The van der Waals surface area contributed by atoms with Crippen molar-refractivity contribution in [3.63, 3.8) is 0 Å². The molecular weight excluding hydrogens is 943 g/mol. The monoisotopic (exact) mass is 986 g/mol. The van der Waals surface area contributed by atoms with E-state index < -0.39 is 48.4 Å². The molecule has 8 heterocycles. The third kappa shape index (κ3) is 9.75. The number of anilines is 6. The number of carbonyl (C=O) groups excluding carboxylic acids is 2. The van der Waals surface area contributed by atoms with Crippen LogP contribution in [0.1, 0.15) is 11.1 Å². The predicted octanol–water partition coefficient (Wildman–Crippen LogP) is 7.68. The fraction of sp³-hybridized carbons (Fsp3) is 0.318. The van der Waals surface area contributed by atoms with Gasteiger partial charge in [-0.25, -0.2) is 47.1 Å². The van der Waals surface area contributed by atoms with E-state index in [1.807, 2.05) is 13.8 Å². The van der Waals surface area contributed by atoms with Gasteiger partial charge in [-0.3, -0.25) is 10.6 Å². The van der Waals surface area contributed by atoms with Gasteiger partial charge in [0.05, 0.1) is 37.8 Å². The topological polar surface area (TPSA) is 241 Å². The van der Waals surface area contributed by atoms with Crippen LogP contribution < -0.4 is 42.2 Å². The van der Waals surface area contributed by atoms with Crippen LogP contribution in [0.5, 0.6) is 11.8 Å². The van der Waals surface area contributed by atoms with Crippen LogP contribution in [-0.2, 0) is 18.9 Å². The van der Waals surface area contributed by atoms with Crippen LogP contribution in [0, 0.1) is 25.5 Å². The van der Waals surface area contributed by atoms with Crippen molar-refractivity contribution in [1.29, 1.82) is 0 Å². The second-order valence-corrected chi connectivity index (χ2v) is 15.6. The molecule has 4 aliphatic rings. The van der Waals surface area contributed by atoms with Gasteiger partial charge in [-0.05, 0) is 60.0 Å². The number of benzene rings is 2. The highest BCUT2D eigenvalue weighted by molar-refractivity contribution is 6.01. The molecule has 4 atom stereocenters. The third-order valence-electron chi connectivity index (χ3n) is 11.4. The van der Waals surface area contributed by atoms with Crippen molar-refractivity contribution in [2.75, 3.05) is 85.5 Å². The summed E-state index contributed by atoms with van der Waals surface area (Å²) in [6.07, 6.45) is -0.629. The van der Waals surface area contributed by atoms with Crippen LogP contribution in [0.15, 0.2) is 49.1 Å². The quantitative estimate of drug-likeness (QED) is 0.0693. The smallest absolute Gasteiger partial charge is 0.413 e. The Kier molecular flexibility index (Phi) is 14.8. The molecule has 18 nitrogen and oxygen atoms in total. The molecule has 0 bridgehead atoms. The first-order valence-electron chi connectivity index (χ1n) is 20.7. The zero-order chi connectivity index (χ0) is 46.2. The van der Waals surface area contributed by atoms with E-state index in [1.54, 1.807) is 24.5 Å². The highest BCUT2D eigenvalue weighted by atomic mass is 35.5. The lowest BCUT2D eigenvalue weighted by Crippen LogP contribution is -2.29. The molecule has 360 valence electrons. The summed E-state index contributed by atoms with van der Waals surface area (Å²) in [6, 6.07) is 6.30. The zero-order valence-corrected chi connectivity index (χ0v) is 37.8. The molecule has 2 fully saturated rings. The number of alkyl halides is 2. The number of rotatable bonds is 6. The van der Waals surface area contributed by atoms with Gasteiger partial charge in [0.1, 0.15) is 36.2 Å². The Balaban J connectivity index is 0.000000196. The molecule has 0 aliphatic carbocycles. The molecule has 2 saturated heterocycles. The minimum Gasteiger partial charge on any atom is -0.474 e. The Morgan fingerprint density at radius 2 is 1.04 bits per heavy atom. The lowest BCUT2D eigenvalue weighted by Gasteiger charge is -2.22. The van der Waals surface area contributed by atoms with Crippen LogP contribution in [-0.4, -0.2) is 109 Å². The fourth-order valence-corrected chi connectivity index (χ4v) is 7.88. The molecule has 4 aromatic heterocycles. The van der Waals surface area contributed by atoms with Gasteiger partial charge in [0.15, 0.2) is 36.2 Å². The Morgan fingerprint density at radius 1 is 0.632 bits per heavy atom. The molecular formula is C44H44Cl2F4N10O8. The maximum absolute atomic E-state index is 15.2. The number of hydrogen-bond acceptors (Lipinski definition) is 16. The van der Waals surface area contributed by atoms with Gasteiger partial charge in [0, 0.05) is 70.9 Å². The van der Waals surface area contributed by atoms with Gasteiger partial charge >= 0.3 is 12.2 Å². The largest absolute Gasteiger partial charge is 0.474 e. The van der Waals surface area contributed by atoms with E-state index in [0.29, 0.717) is 82.1 Å². The molecule has 68 heavy (non-hydrogen) atoms. The number of amides is 2. The third-order valence-corrected chi connectivity index (χ3v) is 11.4. The normalized spacial score (nSPS) is 18.9. The molecule has 4 aliphatic heterocycles. The van der Waals surface area contributed by atoms with Gasteiger partial charge < -0.3 is 50.5 Å². The lowest BCUT2D eigenvalue weighted by molar-refractivity contribution is 0.0728. The number of halogens is 6. The van der Waals surface area contributed by atoms with Crippen LogP contribution in [0.4, 0.5) is 61.5 Å². The second-order valence-electron chi connectivity index (χ2n) is 15.6. The summed E-state index contributed by atoms with van der Waals surface area (Å²) in [6.45, 7) is 5.69. The molecule has 6 aromatic rings. The number of nitrogens with zero attached hydrogens (tertiary/aromatic N) is 4. The van der Waals surface area contributed by atoms with E-state index >= 15 is 8.78 Å². The van der Waals surface area contributed by atoms with Crippen molar-refractivity contribution in [2.45, 2.75) is 38.4 Å². The van der Waals surface area contributed by atoms with Gasteiger partial charge in [-0.2, -0.15) is 0 Å². The summed E-state index contributed by atoms with van der Waals surface area (Å²) < 4.78 is 88.7. The molecule has 0 saturated carbocycles. The summed E-state index contributed by atoms with van der Waals surface area (Å²) in [5, 5.41) is 13.2. The van der Waals surface area contributed by atoms with E-state index in [0.717, 1.165) is 11.1 Å².